The Morgan fingerprint density at radius 2 is 2.39 bits per heavy atom. The molecule has 23 heavy (non-hydrogen) atoms. The van der Waals surface area contributed by atoms with Gasteiger partial charge in [0.05, 0.1) is 11.7 Å². The maximum atomic E-state index is 12.1. The minimum absolute atomic E-state index is 0.0267. The van der Waals surface area contributed by atoms with Crippen LogP contribution in [0.2, 0.25) is 0 Å². The number of carbonyl (C=O) groups excluding carboxylic acids is 1. The quantitative estimate of drug-likeness (QED) is 0.904. The number of aromatic nitrogens is 2. The second-order valence-electron chi connectivity index (χ2n) is 5.89. The topological polar surface area (TPSA) is 76.2 Å². The first-order valence-electron chi connectivity index (χ1n) is 8.00. The molecule has 0 unspecified atom stereocenters. The second-order valence-corrected chi connectivity index (χ2v) is 5.89. The molecular weight excluding hydrogens is 294 g/mol. The van der Waals surface area contributed by atoms with Crippen molar-refractivity contribution in [2.24, 2.45) is 0 Å². The van der Waals surface area contributed by atoms with E-state index in [9.17, 15) is 4.79 Å². The van der Waals surface area contributed by atoms with E-state index in [1.807, 2.05) is 18.3 Å². The van der Waals surface area contributed by atoms with E-state index in [0.717, 1.165) is 48.3 Å². The third-order valence-electron chi connectivity index (χ3n) is 4.34. The standard InChI is InChI=1S/C17H19N3O3/c21-17-16-13(9-20-14(16)4-6-19-17)11-3-5-18-15(8-11)23-10-12-2-1-7-22-12/h3,5,8-9,12,20H,1-2,4,6-7,10H2,(H,19,21)/t12-/m1/s1. The third kappa shape index (κ3) is 2.82. The van der Waals surface area contributed by atoms with Gasteiger partial charge in [0.15, 0.2) is 0 Å². The summed E-state index contributed by atoms with van der Waals surface area (Å²) < 4.78 is 11.3. The van der Waals surface area contributed by atoms with Crippen molar-refractivity contribution in [3.8, 4) is 17.0 Å². The molecule has 0 radical (unpaired) electrons. The Morgan fingerprint density at radius 1 is 1.43 bits per heavy atom. The van der Waals surface area contributed by atoms with Crippen LogP contribution >= 0.6 is 0 Å². The van der Waals surface area contributed by atoms with Gasteiger partial charge in [-0.2, -0.15) is 0 Å². The SMILES string of the molecule is O=C1NCCc2[nH]cc(-c3ccnc(OC[C@H]4CCCO4)c3)c21. The molecule has 0 aliphatic carbocycles. The Bertz CT molecular complexity index is 720. The number of nitrogens with zero attached hydrogens (tertiary/aromatic N) is 1. The molecule has 6 heteroatoms. The predicted molar refractivity (Wildman–Crippen MR) is 84.5 cm³/mol. The number of hydrogen-bond donors (Lipinski definition) is 2. The van der Waals surface area contributed by atoms with E-state index >= 15 is 0 Å². The Morgan fingerprint density at radius 3 is 3.26 bits per heavy atom. The van der Waals surface area contributed by atoms with Gasteiger partial charge in [0.25, 0.3) is 5.91 Å². The fourth-order valence-corrected chi connectivity index (χ4v) is 3.15. The van der Waals surface area contributed by atoms with Crippen LogP contribution in [0.3, 0.4) is 0 Å². The zero-order valence-electron chi connectivity index (χ0n) is 12.8. The van der Waals surface area contributed by atoms with Gasteiger partial charge in [-0.25, -0.2) is 4.98 Å². The second kappa shape index (κ2) is 6.04. The lowest BCUT2D eigenvalue weighted by molar-refractivity contribution is 0.0663. The number of hydrogen-bond acceptors (Lipinski definition) is 4. The van der Waals surface area contributed by atoms with Gasteiger partial charge in [0.2, 0.25) is 5.88 Å². The molecule has 2 aromatic heterocycles. The summed E-state index contributed by atoms with van der Waals surface area (Å²) in [5, 5.41) is 2.89. The summed E-state index contributed by atoms with van der Waals surface area (Å²) >= 11 is 0. The molecule has 6 nitrogen and oxygen atoms in total. The van der Waals surface area contributed by atoms with Gasteiger partial charge >= 0.3 is 0 Å². The number of amides is 1. The van der Waals surface area contributed by atoms with Crippen LogP contribution in [0.5, 0.6) is 5.88 Å². The number of carbonyl (C=O) groups is 1. The fourth-order valence-electron chi connectivity index (χ4n) is 3.15. The lowest BCUT2D eigenvalue weighted by Gasteiger charge is -2.14. The molecule has 0 saturated carbocycles. The maximum Gasteiger partial charge on any atom is 0.253 e. The summed E-state index contributed by atoms with van der Waals surface area (Å²) in [6, 6.07) is 3.77. The fraction of sp³-hybridized carbons (Fsp3) is 0.412. The monoisotopic (exact) mass is 313 g/mol. The van der Waals surface area contributed by atoms with Crippen molar-refractivity contribution in [1.29, 1.82) is 0 Å². The van der Waals surface area contributed by atoms with E-state index in [-0.39, 0.29) is 12.0 Å². The van der Waals surface area contributed by atoms with Crippen LogP contribution in [-0.2, 0) is 11.2 Å². The van der Waals surface area contributed by atoms with Crippen molar-refractivity contribution in [2.75, 3.05) is 19.8 Å². The molecule has 1 saturated heterocycles. The molecule has 120 valence electrons. The summed E-state index contributed by atoms with van der Waals surface area (Å²) in [4.78, 5) is 19.6. The summed E-state index contributed by atoms with van der Waals surface area (Å²) in [6.45, 7) is 2.01. The summed E-state index contributed by atoms with van der Waals surface area (Å²) in [5.41, 5.74) is 3.54. The molecule has 0 aromatic carbocycles. The molecule has 2 aromatic rings. The number of H-pyrrole nitrogens is 1. The molecule has 1 atom stereocenters. The van der Waals surface area contributed by atoms with Gasteiger partial charge in [-0.1, -0.05) is 0 Å². The first kappa shape index (κ1) is 14.3. The predicted octanol–water partition coefficient (Wildman–Crippen LogP) is 1.92. The molecule has 1 amide bonds. The number of fused-ring (bicyclic) bond motifs is 1. The number of ether oxygens (including phenoxy) is 2. The lowest BCUT2D eigenvalue weighted by Crippen LogP contribution is -2.31. The highest BCUT2D eigenvalue weighted by molar-refractivity contribution is 6.03. The van der Waals surface area contributed by atoms with Crippen molar-refractivity contribution in [3.05, 3.63) is 35.8 Å². The molecule has 2 aliphatic rings. The van der Waals surface area contributed by atoms with Crippen LogP contribution in [0.4, 0.5) is 0 Å². The molecule has 2 N–H and O–H groups in total. The molecule has 4 rings (SSSR count). The molecule has 2 aliphatic heterocycles. The Kier molecular flexibility index (Phi) is 3.75. The maximum absolute atomic E-state index is 12.1. The van der Waals surface area contributed by atoms with Crippen molar-refractivity contribution >= 4 is 5.91 Å². The Labute approximate surface area is 134 Å². The normalized spacial score (nSPS) is 20.2. The highest BCUT2D eigenvalue weighted by atomic mass is 16.5. The summed E-state index contributed by atoms with van der Waals surface area (Å²) in [7, 11) is 0. The molecule has 4 heterocycles. The van der Waals surface area contributed by atoms with Gasteiger partial charge < -0.3 is 19.8 Å². The van der Waals surface area contributed by atoms with Crippen molar-refractivity contribution in [1.82, 2.24) is 15.3 Å². The zero-order valence-corrected chi connectivity index (χ0v) is 12.8. The third-order valence-corrected chi connectivity index (χ3v) is 4.34. The van der Waals surface area contributed by atoms with E-state index in [2.05, 4.69) is 15.3 Å². The van der Waals surface area contributed by atoms with Crippen molar-refractivity contribution < 1.29 is 14.3 Å². The highest BCUT2D eigenvalue weighted by Gasteiger charge is 2.23. The highest BCUT2D eigenvalue weighted by Crippen LogP contribution is 2.29. The first-order valence-corrected chi connectivity index (χ1v) is 8.00. The van der Waals surface area contributed by atoms with E-state index in [0.29, 0.717) is 19.0 Å². The Hall–Kier alpha value is -2.34. The van der Waals surface area contributed by atoms with E-state index in [4.69, 9.17) is 9.47 Å². The average Bonchev–Trinajstić information content (AvgIpc) is 3.23. The Balaban J connectivity index is 1.56. The smallest absolute Gasteiger partial charge is 0.253 e. The summed E-state index contributed by atoms with van der Waals surface area (Å²) in [6.07, 6.45) is 6.70. The minimum atomic E-state index is -0.0267. The van der Waals surface area contributed by atoms with Gasteiger partial charge in [0.1, 0.15) is 6.61 Å². The van der Waals surface area contributed by atoms with Crippen LogP contribution in [0.25, 0.3) is 11.1 Å². The van der Waals surface area contributed by atoms with Crippen LogP contribution in [-0.4, -0.2) is 41.7 Å². The number of aromatic amines is 1. The van der Waals surface area contributed by atoms with Crippen LogP contribution in [0.1, 0.15) is 28.9 Å². The van der Waals surface area contributed by atoms with Crippen LogP contribution in [0, 0.1) is 0 Å². The largest absolute Gasteiger partial charge is 0.475 e. The van der Waals surface area contributed by atoms with Gasteiger partial charge in [-0.3, -0.25) is 4.79 Å². The van der Waals surface area contributed by atoms with Crippen LogP contribution < -0.4 is 10.1 Å². The minimum Gasteiger partial charge on any atom is -0.475 e. The van der Waals surface area contributed by atoms with E-state index in [1.54, 1.807) is 6.20 Å². The summed E-state index contributed by atoms with van der Waals surface area (Å²) in [5.74, 6) is 0.533. The van der Waals surface area contributed by atoms with Gasteiger partial charge in [0, 0.05) is 49.3 Å². The first-order chi connectivity index (χ1) is 11.3. The number of nitrogens with one attached hydrogen (secondary N) is 2. The molecule has 1 fully saturated rings. The average molecular weight is 313 g/mol. The number of pyridine rings is 1. The van der Waals surface area contributed by atoms with Gasteiger partial charge in [-0.05, 0) is 24.5 Å². The molecule has 0 spiro atoms. The zero-order chi connectivity index (χ0) is 15.6. The van der Waals surface area contributed by atoms with Crippen molar-refractivity contribution in [2.45, 2.75) is 25.4 Å². The lowest BCUT2D eigenvalue weighted by atomic mass is 10.00. The van der Waals surface area contributed by atoms with Gasteiger partial charge in [-0.15, -0.1) is 0 Å². The van der Waals surface area contributed by atoms with Crippen molar-refractivity contribution in [3.63, 3.8) is 0 Å². The molecular formula is C17H19N3O3. The van der Waals surface area contributed by atoms with E-state index in [1.165, 1.54) is 0 Å². The molecule has 0 bridgehead atoms. The number of rotatable bonds is 4. The van der Waals surface area contributed by atoms with E-state index < -0.39 is 0 Å². The van der Waals surface area contributed by atoms with Crippen LogP contribution in [0.15, 0.2) is 24.5 Å².